The van der Waals surface area contributed by atoms with Crippen LogP contribution in [-0.2, 0) is 37.7 Å². The first kappa shape index (κ1) is 34.1. The number of carbonyl (C=O) groups is 3. The van der Waals surface area contributed by atoms with Gasteiger partial charge in [-0.1, -0.05) is 135 Å². The van der Waals surface area contributed by atoms with Gasteiger partial charge in [0.25, 0.3) is 0 Å². The van der Waals surface area contributed by atoms with Gasteiger partial charge in [-0.15, -0.1) is 11.3 Å². The minimum atomic E-state index is -1.09. The molecule has 0 fully saturated rings. The van der Waals surface area contributed by atoms with Gasteiger partial charge < -0.3 is 20.7 Å². The molecule has 0 aliphatic rings. The highest BCUT2D eigenvalue weighted by Gasteiger charge is 2.37. The van der Waals surface area contributed by atoms with Crippen molar-refractivity contribution >= 4 is 34.3 Å². The van der Waals surface area contributed by atoms with Crippen molar-refractivity contribution in [2.45, 2.75) is 44.9 Å². The lowest BCUT2D eigenvalue weighted by atomic mass is 9.77. The van der Waals surface area contributed by atoms with E-state index in [4.69, 9.17) is 9.72 Å². The van der Waals surface area contributed by atoms with Crippen molar-refractivity contribution in [1.82, 2.24) is 15.6 Å². The number of esters is 1. The number of anilines is 1. The van der Waals surface area contributed by atoms with Crippen LogP contribution in [0.2, 0.25) is 0 Å². The minimum absolute atomic E-state index is 0.0692. The lowest BCUT2D eigenvalue weighted by molar-refractivity contribution is -0.147. The quantitative estimate of drug-likeness (QED) is 0.0877. The number of thiazole rings is 1. The third kappa shape index (κ3) is 8.95. The second-order valence-electron chi connectivity index (χ2n) is 11.9. The number of benzene rings is 4. The zero-order valence-corrected chi connectivity index (χ0v) is 27.9. The van der Waals surface area contributed by atoms with E-state index < -0.39 is 29.4 Å². The number of hydrogen-bond acceptors (Lipinski definition) is 7. The average molecular weight is 661 g/mol. The number of carbonyl (C=O) groups excluding carboxylic acids is 3. The number of nitrogens with one attached hydrogen (secondary N) is 3. The minimum Gasteiger partial charge on any atom is -0.461 e. The zero-order chi connectivity index (χ0) is 33.8. The molecule has 2 amide bonds. The summed E-state index contributed by atoms with van der Waals surface area (Å²) >= 11 is 1.40. The maximum atomic E-state index is 13.3. The maximum Gasteiger partial charge on any atom is 0.308 e. The van der Waals surface area contributed by atoms with Crippen LogP contribution in [0.5, 0.6) is 0 Å². The molecule has 4 aromatic carbocycles. The van der Waals surface area contributed by atoms with Crippen LogP contribution in [-0.4, -0.2) is 35.4 Å². The third-order valence-electron chi connectivity index (χ3n) is 7.76. The summed E-state index contributed by atoms with van der Waals surface area (Å²) < 4.78 is 5.40. The molecule has 8 nitrogen and oxygen atoms in total. The highest BCUT2D eigenvalue weighted by atomic mass is 32.1. The highest BCUT2D eigenvalue weighted by Crippen LogP contribution is 2.40. The van der Waals surface area contributed by atoms with E-state index in [2.05, 4.69) is 52.3 Å². The Morgan fingerprint density at radius 1 is 0.771 bits per heavy atom. The van der Waals surface area contributed by atoms with Crippen molar-refractivity contribution in [1.29, 1.82) is 0 Å². The number of ether oxygens (including phenoxy) is 1. The summed E-state index contributed by atoms with van der Waals surface area (Å²) in [5.41, 5.74) is 3.71. The second-order valence-corrected chi connectivity index (χ2v) is 12.8. The molecule has 0 aliphatic carbocycles. The summed E-state index contributed by atoms with van der Waals surface area (Å²) in [4.78, 5) is 43.9. The summed E-state index contributed by atoms with van der Waals surface area (Å²) in [5, 5.41) is 11.8. The summed E-state index contributed by atoms with van der Waals surface area (Å²) in [6.45, 7) is 4.44. The molecule has 5 aromatic rings. The molecule has 9 heteroatoms. The van der Waals surface area contributed by atoms with Gasteiger partial charge in [-0.05, 0) is 28.2 Å². The van der Waals surface area contributed by atoms with Gasteiger partial charge in [0.15, 0.2) is 5.13 Å². The van der Waals surface area contributed by atoms with Gasteiger partial charge in [-0.2, -0.15) is 0 Å². The number of rotatable bonds is 15. The number of nitrogens with zero attached hydrogens (tertiary/aromatic N) is 1. The highest BCUT2D eigenvalue weighted by molar-refractivity contribution is 7.13. The van der Waals surface area contributed by atoms with Gasteiger partial charge in [-0.3, -0.25) is 14.4 Å². The summed E-state index contributed by atoms with van der Waals surface area (Å²) in [5.74, 6) is -1.24. The molecule has 1 aromatic heterocycles. The molecular weight excluding hydrogens is 621 g/mol. The Morgan fingerprint density at radius 2 is 1.29 bits per heavy atom. The van der Waals surface area contributed by atoms with Crippen LogP contribution >= 0.6 is 11.3 Å². The van der Waals surface area contributed by atoms with E-state index in [-0.39, 0.29) is 25.4 Å². The van der Waals surface area contributed by atoms with Crippen LogP contribution < -0.4 is 16.0 Å². The number of hydrogen-bond donors (Lipinski definition) is 3. The van der Waals surface area contributed by atoms with E-state index in [1.807, 2.05) is 104 Å². The largest absolute Gasteiger partial charge is 0.461 e. The SMILES string of the molecule is CC(C)CNC(=O)[C@H](CC(=O)OCc1ccccc1)NC(=O)Cc1csc(NC(c2ccccc2)(c2ccccc2)c2ccccc2)n1. The van der Waals surface area contributed by atoms with Gasteiger partial charge in [0.1, 0.15) is 18.2 Å². The molecule has 0 aliphatic heterocycles. The molecular formula is C39H40N4O4S. The van der Waals surface area contributed by atoms with Crippen LogP contribution in [0.4, 0.5) is 5.13 Å². The van der Waals surface area contributed by atoms with Crippen LogP contribution in [0.1, 0.15) is 48.2 Å². The summed E-state index contributed by atoms with van der Waals surface area (Å²) in [6, 6.07) is 38.8. The van der Waals surface area contributed by atoms with Gasteiger partial charge in [0.2, 0.25) is 11.8 Å². The molecule has 5 rings (SSSR count). The molecule has 1 heterocycles. The fourth-order valence-corrected chi connectivity index (χ4v) is 6.16. The van der Waals surface area contributed by atoms with Crippen LogP contribution in [0, 0.1) is 5.92 Å². The molecule has 48 heavy (non-hydrogen) atoms. The van der Waals surface area contributed by atoms with E-state index in [9.17, 15) is 14.4 Å². The van der Waals surface area contributed by atoms with Gasteiger partial charge in [0, 0.05) is 11.9 Å². The smallest absolute Gasteiger partial charge is 0.308 e. The lowest BCUT2D eigenvalue weighted by Gasteiger charge is -2.36. The molecule has 3 N–H and O–H groups in total. The normalized spacial score (nSPS) is 11.8. The van der Waals surface area contributed by atoms with Crippen molar-refractivity contribution in [3.05, 3.63) is 155 Å². The average Bonchev–Trinajstić information content (AvgIpc) is 3.56. The van der Waals surface area contributed by atoms with Gasteiger partial charge in [0.05, 0.1) is 18.5 Å². The van der Waals surface area contributed by atoms with Gasteiger partial charge in [-0.25, -0.2) is 4.98 Å². The predicted molar refractivity (Wildman–Crippen MR) is 189 cm³/mol. The van der Waals surface area contributed by atoms with Crippen LogP contribution in [0.25, 0.3) is 0 Å². The topological polar surface area (TPSA) is 109 Å². The third-order valence-corrected chi connectivity index (χ3v) is 8.56. The fourth-order valence-electron chi connectivity index (χ4n) is 5.40. The van der Waals surface area contributed by atoms with Gasteiger partial charge >= 0.3 is 5.97 Å². The lowest BCUT2D eigenvalue weighted by Crippen LogP contribution is -2.49. The van der Waals surface area contributed by atoms with Crippen molar-refractivity contribution in [3.63, 3.8) is 0 Å². The Morgan fingerprint density at radius 3 is 1.81 bits per heavy atom. The summed E-state index contributed by atoms with van der Waals surface area (Å²) in [7, 11) is 0. The molecule has 246 valence electrons. The van der Waals surface area contributed by atoms with Crippen LogP contribution in [0.15, 0.2) is 127 Å². The molecule has 1 atom stereocenters. The number of aromatic nitrogens is 1. The Balaban J connectivity index is 1.33. The van der Waals surface area contributed by atoms with E-state index in [0.29, 0.717) is 17.4 Å². The van der Waals surface area contributed by atoms with E-state index in [0.717, 1.165) is 22.3 Å². The molecule has 0 radical (unpaired) electrons. The molecule has 0 unspecified atom stereocenters. The van der Waals surface area contributed by atoms with Crippen molar-refractivity contribution in [2.75, 3.05) is 11.9 Å². The van der Waals surface area contributed by atoms with E-state index >= 15 is 0 Å². The molecule has 0 bridgehead atoms. The Labute approximate surface area is 285 Å². The van der Waals surface area contributed by atoms with E-state index in [1.165, 1.54) is 11.3 Å². The standard InChI is InChI=1S/C39H40N4O4S/c1-28(2)25-40-37(46)34(24-36(45)47-26-29-15-7-3-8-16-29)42-35(44)23-33-27-48-38(41-33)43-39(30-17-9-4-10-18-30,31-19-11-5-12-20-31)32-21-13-6-14-22-32/h3-22,27-28,34H,23-26H2,1-2H3,(H,40,46)(H,41,43)(H,42,44)/t34-/m0/s1. The monoisotopic (exact) mass is 660 g/mol. The number of amides is 2. The second kappa shape index (κ2) is 16.5. The summed E-state index contributed by atoms with van der Waals surface area (Å²) in [6.07, 6.45) is -0.361. The Bertz CT molecular complexity index is 1670. The van der Waals surface area contributed by atoms with Crippen molar-refractivity contribution in [3.8, 4) is 0 Å². The first-order valence-electron chi connectivity index (χ1n) is 16.0. The predicted octanol–water partition coefficient (Wildman–Crippen LogP) is 6.48. The fraction of sp³-hybridized carbons (Fsp3) is 0.231. The Kier molecular flexibility index (Phi) is 11.7. The first-order chi connectivity index (χ1) is 23.3. The molecule has 0 spiro atoms. The van der Waals surface area contributed by atoms with E-state index in [1.54, 1.807) is 0 Å². The zero-order valence-electron chi connectivity index (χ0n) is 27.1. The van der Waals surface area contributed by atoms with Crippen molar-refractivity contribution in [2.24, 2.45) is 5.92 Å². The van der Waals surface area contributed by atoms with Crippen LogP contribution in [0.3, 0.4) is 0 Å². The maximum absolute atomic E-state index is 13.3. The molecule has 0 saturated carbocycles. The Hall–Kier alpha value is -5.28. The van der Waals surface area contributed by atoms with Crippen molar-refractivity contribution < 1.29 is 19.1 Å². The first-order valence-corrected chi connectivity index (χ1v) is 16.9. The molecule has 0 saturated heterocycles.